The van der Waals surface area contributed by atoms with E-state index >= 15 is 0 Å². The lowest BCUT2D eigenvalue weighted by Gasteiger charge is -2.34. The molecule has 2 amide bonds. The number of primary amides is 1. The highest BCUT2D eigenvalue weighted by atomic mass is 32.2. The highest BCUT2D eigenvalue weighted by Crippen LogP contribution is 2.28. The Labute approximate surface area is 177 Å². The Bertz CT molecular complexity index is 1020. The fourth-order valence-electron chi connectivity index (χ4n) is 3.85. The summed E-state index contributed by atoms with van der Waals surface area (Å²) in [4.78, 5) is 26.2. The van der Waals surface area contributed by atoms with Gasteiger partial charge in [-0.25, -0.2) is 8.42 Å². The third kappa shape index (κ3) is 4.27. The summed E-state index contributed by atoms with van der Waals surface area (Å²) >= 11 is 0. The van der Waals surface area contributed by atoms with Gasteiger partial charge in [-0.15, -0.1) is 0 Å². The Balaban J connectivity index is 1.66. The maximum Gasteiger partial charge on any atom is 0.265 e. The van der Waals surface area contributed by atoms with Gasteiger partial charge in [-0.2, -0.15) is 4.31 Å². The van der Waals surface area contributed by atoms with Crippen molar-refractivity contribution in [1.29, 1.82) is 0 Å². The number of carbonyl (C=O) groups is 2. The molecular weight excluding hydrogens is 404 g/mol. The second-order valence-corrected chi connectivity index (χ2v) is 9.69. The van der Waals surface area contributed by atoms with Gasteiger partial charge in [0, 0.05) is 39.3 Å². The zero-order valence-corrected chi connectivity index (χ0v) is 18.3. The zero-order valence-electron chi connectivity index (χ0n) is 17.5. The van der Waals surface area contributed by atoms with Gasteiger partial charge in [0.1, 0.15) is 10.6 Å². The Morgan fingerprint density at radius 1 is 1.17 bits per heavy atom. The number of amides is 2. The maximum atomic E-state index is 13.0. The van der Waals surface area contributed by atoms with Crippen LogP contribution in [0.25, 0.3) is 0 Å². The average Bonchev–Trinajstić information content (AvgIpc) is 3.15. The molecule has 1 aromatic carbocycles. The molecule has 1 atom stereocenters. The molecule has 1 aromatic heterocycles. The van der Waals surface area contributed by atoms with E-state index in [9.17, 15) is 18.0 Å². The molecule has 0 aliphatic carbocycles. The number of aryl methyl sites for hydroxylation is 1. The third-order valence-electron chi connectivity index (χ3n) is 5.88. The number of sulfonamides is 1. The van der Waals surface area contributed by atoms with Gasteiger partial charge >= 0.3 is 0 Å². The van der Waals surface area contributed by atoms with Crippen molar-refractivity contribution in [2.45, 2.75) is 30.7 Å². The van der Waals surface area contributed by atoms with Crippen LogP contribution in [-0.4, -0.2) is 54.1 Å². The molecule has 0 unspecified atom stereocenters. The largest absolute Gasteiger partial charge is 0.364 e. The SMILES string of the molecule is C[C@H](c1ccccc1)N(C)C(=O)C1CCN(S(=O)(=O)c2cc(C(N)=O)n(C)c2)CC1. The topological polar surface area (TPSA) is 106 Å². The van der Waals surface area contributed by atoms with E-state index in [0.717, 1.165) is 5.56 Å². The molecule has 2 heterocycles. The fraction of sp³-hybridized carbons (Fsp3) is 0.429. The van der Waals surface area contributed by atoms with Crippen molar-refractivity contribution >= 4 is 21.8 Å². The van der Waals surface area contributed by atoms with E-state index in [-0.39, 0.29) is 41.5 Å². The van der Waals surface area contributed by atoms with Gasteiger partial charge in [-0.1, -0.05) is 30.3 Å². The standard InChI is InChI=1S/C21H28N4O4S/c1-15(16-7-5-4-6-8-16)24(3)21(27)17-9-11-25(12-10-17)30(28,29)18-13-19(20(22)26)23(2)14-18/h4-8,13-15,17H,9-12H2,1-3H3,(H2,22,26)/t15-/m1/s1. The van der Waals surface area contributed by atoms with E-state index in [4.69, 9.17) is 5.73 Å². The molecule has 8 nitrogen and oxygen atoms in total. The number of nitrogens with zero attached hydrogens (tertiary/aromatic N) is 3. The molecule has 3 rings (SSSR count). The molecule has 0 spiro atoms. The number of hydrogen-bond donors (Lipinski definition) is 1. The summed E-state index contributed by atoms with van der Waals surface area (Å²) in [6.45, 7) is 2.50. The lowest BCUT2D eigenvalue weighted by Crippen LogP contribution is -2.43. The first-order chi connectivity index (χ1) is 14.1. The summed E-state index contributed by atoms with van der Waals surface area (Å²) in [5.41, 5.74) is 6.48. The Morgan fingerprint density at radius 3 is 2.30 bits per heavy atom. The highest BCUT2D eigenvalue weighted by Gasteiger charge is 2.35. The van der Waals surface area contributed by atoms with Crippen molar-refractivity contribution in [1.82, 2.24) is 13.8 Å². The van der Waals surface area contributed by atoms with Gasteiger partial charge < -0.3 is 15.2 Å². The second-order valence-electron chi connectivity index (χ2n) is 7.75. The van der Waals surface area contributed by atoms with Gasteiger partial charge in [0.2, 0.25) is 15.9 Å². The molecule has 0 bridgehead atoms. The van der Waals surface area contributed by atoms with Gasteiger partial charge in [0.05, 0.1) is 6.04 Å². The van der Waals surface area contributed by atoms with Crippen LogP contribution >= 0.6 is 0 Å². The number of nitrogens with two attached hydrogens (primary N) is 1. The molecule has 9 heteroatoms. The molecule has 1 aliphatic heterocycles. The fourth-order valence-corrected chi connectivity index (χ4v) is 5.39. The van der Waals surface area contributed by atoms with Crippen LogP contribution in [0.2, 0.25) is 0 Å². The molecule has 2 aromatic rings. The molecule has 30 heavy (non-hydrogen) atoms. The lowest BCUT2D eigenvalue weighted by molar-refractivity contribution is -0.137. The average molecular weight is 433 g/mol. The maximum absolute atomic E-state index is 13.0. The number of carbonyl (C=O) groups excluding carboxylic acids is 2. The summed E-state index contributed by atoms with van der Waals surface area (Å²) in [6, 6.07) is 11.0. The van der Waals surface area contributed by atoms with Gasteiger partial charge in [0.15, 0.2) is 0 Å². The summed E-state index contributed by atoms with van der Waals surface area (Å²) in [7, 11) is -0.379. The van der Waals surface area contributed by atoms with Crippen molar-refractivity contribution in [3.63, 3.8) is 0 Å². The first kappa shape index (κ1) is 22.0. The normalized spacial score (nSPS) is 16.9. The van der Waals surface area contributed by atoms with Crippen molar-refractivity contribution in [3.05, 3.63) is 53.9 Å². The lowest BCUT2D eigenvalue weighted by atomic mass is 9.95. The van der Waals surface area contributed by atoms with E-state index in [1.807, 2.05) is 37.3 Å². The molecule has 1 saturated heterocycles. The van der Waals surface area contributed by atoms with E-state index < -0.39 is 15.9 Å². The highest BCUT2D eigenvalue weighted by molar-refractivity contribution is 7.89. The van der Waals surface area contributed by atoms with Crippen LogP contribution in [0.15, 0.2) is 47.5 Å². The van der Waals surface area contributed by atoms with Crippen LogP contribution < -0.4 is 5.73 Å². The molecule has 1 fully saturated rings. The predicted octanol–water partition coefficient (Wildman–Crippen LogP) is 1.74. The quantitative estimate of drug-likeness (QED) is 0.750. The van der Waals surface area contributed by atoms with Crippen LogP contribution in [0, 0.1) is 5.92 Å². The van der Waals surface area contributed by atoms with E-state index in [1.165, 1.54) is 21.1 Å². The first-order valence-corrected chi connectivity index (χ1v) is 11.3. The predicted molar refractivity (Wildman–Crippen MR) is 113 cm³/mol. The summed E-state index contributed by atoms with van der Waals surface area (Å²) in [5, 5.41) is 0. The summed E-state index contributed by atoms with van der Waals surface area (Å²) in [5.74, 6) is -0.873. The molecular formula is C21H28N4O4S. The minimum Gasteiger partial charge on any atom is -0.364 e. The second kappa shape index (κ2) is 8.61. The smallest absolute Gasteiger partial charge is 0.265 e. The Morgan fingerprint density at radius 2 is 1.77 bits per heavy atom. The number of aromatic nitrogens is 1. The van der Waals surface area contributed by atoms with Crippen molar-refractivity contribution in [2.24, 2.45) is 18.7 Å². The summed E-state index contributed by atoms with van der Waals surface area (Å²) in [6.07, 6.45) is 2.31. The first-order valence-electron chi connectivity index (χ1n) is 9.91. The van der Waals surface area contributed by atoms with Gasteiger partial charge in [-0.05, 0) is 31.4 Å². The molecule has 162 valence electrons. The van der Waals surface area contributed by atoms with E-state index in [1.54, 1.807) is 19.0 Å². The number of piperidine rings is 1. The van der Waals surface area contributed by atoms with Crippen LogP contribution in [0.3, 0.4) is 0 Å². The van der Waals surface area contributed by atoms with Crippen LogP contribution in [0.5, 0.6) is 0 Å². The van der Waals surface area contributed by atoms with Crippen LogP contribution in [-0.2, 0) is 21.9 Å². The Hall–Kier alpha value is -2.65. The summed E-state index contributed by atoms with van der Waals surface area (Å²) < 4.78 is 28.7. The van der Waals surface area contributed by atoms with Gasteiger partial charge in [-0.3, -0.25) is 9.59 Å². The molecule has 0 saturated carbocycles. The van der Waals surface area contributed by atoms with Crippen molar-refractivity contribution in [2.75, 3.05) is 20.1 Å². The number of benzene rings is 1. The van der Waals surface area contributed by atoms with Crippen molar-refractivity contribution < 1.29 is 18.0 Å². The Kier molecular flexibility index (Phi) is 6.33. The molecule has 2 N–H and O–H groups in total. The van der Waals surface area contributed by atoms with Gasteiger partial charge in [0.25, 0.3) is 5.91 Å². The molecule has 0 radical (unpaired) electrons. The van der Waals surface area contributed by atoms with Crippen molar-refractivity contribution in [3.8, 4) is 0 Å². The monoisotopic (exact) mass is 432 g/mol. The number of rotatable bonds is 6. The third-order valence-corrected chi connectivity index (χ3v) is 7.75. The molecule has 1 aliphatic rings. The minimum atomic E-state index is -3.75. The minimum absolute atomic E-state index is 0.0270. The van der Waals surface area contributed by atoms with E-state index in [0.29, 0.717) is 12.8 Å². The van der Waals surface area contributed by atoms with Crippen LogP contribution in [0.1, 0.15) is 41.9 Å². The van der Waals surface area contributed by atoms with Crippen LogP contribution in [0.4, 0.5) is 0 Å². The van der Waals surface area contributed by atoms with E-state index in [2.05, 4.69) is 0 Å². The zero-order chi connectivity index (χ0) is 22.1. The number of hydrogen-bond acceptors (Lipinski definition) is 4.